The van der Waals surface area contributed by atoms with E-state index in [-0.39, 0.29) is 0 Å². The Bertz CT molecular complexity index is 182. The molecule has 0 unspecified atom stereocenters. The second-order valence-electron chi connectivity index (χ2n) is 2.46. The molecule has 60 valence electrons. The third-order valence-corrected chi connectivity index (χ3v) is 1.65. The summed E-state index contributed by atoms with van der Waals surface area (Å²) in [7, 11) is 0. The topological polar surface area (TPSA) is 0 Å². The van der Waals surface area contributed by atoms with E-state index < -0.39 is 0 Å². The second kappa shape index (κ2) is 5.72. The van der Waals surface area contributed by atoms with Crippen LogP contribution in [0.4, 0.5) is 0 Å². The largest absolute Gasteiger partial charge is 0.106 e. The minimum Gasteiger partial charge on any atom is -0.106 e. The predicted octanol–water partition coefficient (Wildman–Crippen LogP) is 3.64. The summed E-state index contributed by atoms with van der Waals surface area (Å²) in [6.07, 6.45) is 8.62. The molecule has 0 spiro atoms. The summed E-state index contributed by atoms with van der Waals surface area (Å²) < 4.78 is 0. The molecule has 1 rings (SSSR count). The lowest BCUT2D eigenvalue weighted by Gasteiger charge is -2.06. The van der Waals surface area contributed by atoms with Crippen molar-refractivity contribution in [1.29, 1.82) is 0 Å². The molecule has 1 aliphatic rings. The molecule has 0 nitrogen and oxygen atoms in total. The van der Waals surface area contributed by atoms with Crippen LogP contribution in [-0.4, -0.2) is 0 Å². The summed E-state index contributed by atoms with van der Waals surface area (Å²) in [6.45, 7) is 11.9. The first-order valence-corrected chi connectivity index (χ1v) is 3.81. The highest BCUT2D eigenvalue weighted by molar-refractivity contribution is 5.28. The summed E-state index contributed by atoms with van der Waals surface area (Å²) in [5, 5.41) is 0. The van der Waals surface area contributed by atoms with E-state index in [1.807, 2.05) is 6.08 Å². The van der Waals surface area contributed by atoms with Crippen molar-refractivity contribution in [2.24, 2.45) is 0 Å². The van der Waals surface area contributed by atoms with Crippen molar-refractivity contribution in [3.63, 3.8) is 0 Å². The maximum Gasteiger partial charge on any atom is -0.0242 e. The molecule has 0 amide bonds. The van der Waals surface area contributed by atoms with E-state index >= 15 is 0 Å². The summed E-state index contributed by atoms with van der Waals surface area (Å²) in [5.41, 5.74) is 2.83. The van der Waals surface area contributed by atoms with Gasteiger partial charge in [-0.3, -0.25) is 0 Å². The molecule has 0 aliphatic heterocycles. The molecule has 0 heteroatoms. The normalized spacial score (nSPS) is 15.4. The van der Waals surface area contributed by atoms with E-state index in [1.54, 1.807) is 0 Å². The van der Waals surface area contributed by atoms with Crippen molar-refractivity contribution >= 4 is 0 Å². The molecule has 0 aromatic heterocycles. The van der Waals surface area contributed by atoms with Gasteiger partial charge in [0, 0.05) is 0 Å². The standard InChI is InChI=1S/C9H12.C2H4/c1-3-9-6-4-8(2)5-7-9;1-2/h3-4,6H,1,5,7H2,2H3;1-2H2. The van der Waals surface area contributed by atoms with Gasteiger partial charge in [-0.25, -0.2) is 0 Å². The van der Waals surface area contributed by atoms with Gasteiger partial charge >= 0.3 is 0 Å². The highest BCUT2D eigenvalue weighted by atomic mass is 14.0. The lowest BCUT2D eigenvalue weighted by molar-refractivity contribution is 0.928. The molecule has 0 radical (unpaired) electrons. The number of rotatable bonds is 1. The Balaban J connectivity index is 0.000000461. The summed E-state index contributed by atoms with van der Waals surface area (Å²) >= 11 is 0. The van der Waals surface area contributed by atoms with Gasteiger partial charge in [-0.1, -0.05) is 30.4 Å². The maximum absolute atomic E-state index is 3.71. The minimum atomic E-state index is 1.17. The van der Waals surface area contributed by atoms with Gasteiger partial charge in [-0.2, -0.15) is 0 Å². The van der Waals surface area contributed by atoms with E-state index in [1.165, 1.54) is 24.0 Å². The minimum absolute atomic E-state index is 1.17. The molecule has 0 saturated heterocycles. The van der Waals surface area contributed by atoms with Crippen LogP contribution in [-0.2, 0) is 0 Å². The molecule has 0 fully saturated rings. The SMILES string of the molecule is C=C.C=CC1=CC=C(C)CC1. The van der Waals surface area contributed by atoms with Gasteiger partial charge < -0.3 is 0 Å². The molecular weight excluding hydrogens is 132 g/mol. The number of hydrogen-bond acceptors (Lipinski definition) is 0. The van der Waals surface area contributed by atoms with E-state index in [2.05, 4.69) is 38.8 Å². The fourth-order valence-electron chi connectivity index (χ4n) is 0.928. The fourth-order valence-corrected chi connectivity index (χ4v) is 0.928. The Kier molecular flexibility index (Phi) is 5.18. The molecule has 0 saturated carbocycles. The van der Waals surface area contributed by atoms with Gasteiger partial charge in [0.25, 0.3) is 0 Å². The summed E-state index contributed by atoms with van der Waals surface area (Å²) in [5.74, 6) is 0. The van der Waals surface area contributed by atoms with Crippen LogP contribution >= 0.6 is 0 Å². The van der Waals surface area contributed by atoms with Crippen LogP contribution in [0.2, 0.25) is 0 Å². The first kappa shape index (κ1) is 9.96. The van der Waals surface area contributed by atoms with E-state index in [9.17, 15) is 0 Å². The van der Waals surface area contributed by atoms with Crippen LogP contribution in [0.25, 0.3) is 0 Å². The summed E-state index contributed by atoms with van der Waals surface area (Å²) in [6, 6.07) is 0. The van der Waals surface area contributed by atoms with Crippen molar-refractivity contribution in [3.8, 4) is 0 Å². The third kappa shape index (κ3) is 3.61. The smallest absolute Gasteiger partial charge is 0.0242 e. The van der Waals surface area contributed by atoms with E-state index in [4.69, 9.17) is 0 Å². The van der Waals surface area contributed by atoms with Crippen LogP contribution in [0.15, 0.2) is 49.1 Å². The second-order valence-corrected chi connectivity index (χ2v) is 2.46. The van der Waals surface area contributed by atoms with Gasteiger partial charge in [-0.15, -0.1) is 13.2 Å². The zero-order valence-corrected chi connectivity index (χ0v) is 7.27. The van der Waals surface area contributed by atoms with Gasteiger partial charge in [0.15, 0.2) is 0 Å². The first-order chi connectivity index (χ1) is 5.33. The lowest BCUT2D eigenvalue weighted by Crippen LogP contribution is -1.86. The highest BCUT2D eigenvalue weighted by Gasteiger charge is 1.97. The number of allylic oxidation sites excluding steroid dienone is 5. The highest BCUT2D eigenvalue weighted by Crippen LogP contribution is 2.17. The Morgan fingerprint density at radius 3 is 2.27 bits per heavy atom. The van der Waals surface area contributed by atoms with Crippen molar-refractivity contribution < 1.29 is 0 Å². The van der Waals surface area contributed by atoms with Crippen molar-refractivity contribution in [1.82, 2.24) is 0 Å². The maximum atomic E-state index is 3.71. The Hall–Kier alpha value is -1.04. The van der Waals surface area contributed by atoms with Crippen LogP contribution < -0.4 is 0 Å². The average Bonchev–Trinajstić information content (AvgIpc) is 2.10. The molecule has 0 N–H and O–H groups in total. The summed E-state index contributed by atoms with van der Waals surface area (Å²) in [4.78, 5) is 0. The van der Waals surface area contributed by atoms with Gasteiger partial charge in [0.2, 0.25) is 0 Å². The zero-order valence-electron chi connectivity index (χ0n) is 7.27. The Morgan fingerprint density at radius 1 is 1.27 bits per heavy atom. The van der Waals surface area contributed by atoms with Crippen LogP contribution in [0.1, 0.15) is 19.8 Å². The van der Waals surface area contributed by atoms with E-state index in [0.717, 1.165) is 0 Å². The van der Waals surface area contributed by atoms with Crippen LogP contribution in [0, 0.1) is 0 Å². The lowest BCUT2D eigenvalue weighted by atomic mass is 10.00. The number of hydrogen-bond donors (Lipinski definition) is 0. The monoisotopic (exact) mass is 148 g/mol. The average molecular weight is 148 g/mol. The molecular formula is C11H16. The predicted molar refractivity (Wildman–Crippen MR) is 52.5 cm³/mol. The van der Waals surface area contributed by atoms with Crippen molar-refractivity contribution in [2.75, 3.05) is 0 Å². The quantitative estimate of drug-likeness (QED) is 0.498. The Labute approximate surface area is 69.6 Å². The van der Waals surface area contributed by atoms with Crippen LogP contribution in [0.3, 0.4) is 0 Å². The fraction of sp³-hybridized carbons (Fsp3) is 0.273. The molecule has 0 atom stereocenters. The molecule has 11 heavy (non-hydrogen) atoms. The van der Waals surface area contributed by atoms with Gasteiger partial charge in [-0.05, 0) is 25.3 Å². The Morgan fingerprint density at radius 2 is 1.91 bits per heavy atom. The van der Waals surface area contributed by atoms with E-state index in [0.29, 0.717) is 0 Å². The van der Waals surface area contributed by atoms with Gasteiger partial charge in [0.1, 0.15) is 0 Å². The van der Waals surface area contributed by atoms with Crippen molar-refractivity contribution in [2.45, 2.75) is 19.8 Å². The first-order valence-electron chi connectivity index (χ1n) is 3.81. The third-order valence-electron chi connectivity index (χ3n) is 1.65. The molecule has 0 aromatic carbocycles. The molecule has 0 aromatic rings. The molecule has 0 heterocycles. The van der Waals surface area contributed by atoms with Gasteiger partial charge in [0.05, 0.1) is 0 Å². The molecule has 1 aliphatic carbocycles. The molecule has 0 bridgehead atoms. The zero-order chi connectivity index (χ0) is 8.69. The van der Waals surface area contributed by atoms with Crippen molar-refractivity contribution in [3.05, 3.63) is 49.1 Å². The van der Waals surface area contributed by atoms with Crippen LogP contribution in [0.5, 0.6) is 0 Å².